The van der Waals surface area contributed by atoms with Crippen LogP contribution in [0.3, 0.4) is 0 Å². The van der Waals surface area contributed by atoms with Crippen molar-refractivity contribution in [3.05, 3.63) is 58.6 Å². The Kier molecular flexibility index (Phi) is 6.78. The van der Waals surface area contributed by atoms with Gasteiger partial charge in [0.05, 0.1) is 4.90 Å². The molecule has 150 valence electrons. The molecule has 5 nitrogen and oxygen atoms in total. The second-order valence-corrected chi connectivity index (χ2v) is 9.62. The third-order valence-corrected chi connectivity index (χ3v) is 7.05. The standard InChI is InChI=1S/C21H25BrN2O3S/c1-2-24(19-6-4-3-5-7-19)21(25)16-8-12-18(13-9-16)23-28(26,27)20-14-10-17(22)11-15-20/h8-15,19,23H,2-7H2,1H3. The molecule has 0 atom stereocenters. The highest BCUT2D eigenvalue weighted by Gasteiger charge is 2.25. The molecule has 28 heavy (non-hydrogen) atoms. The SMILES string of the molecule is CCN(C(=O)c1ccc(NS(=O)(=O)c2ccc(Br)cc2)cc1)C1CCCCC1. The molecule has 7 heteroatoms. The lowest BCUT2D eigenvalue weighted by molar-refractivity contribution is 0.0648. The first-order valence-electron chi connectivity index (χ1n) is 9.60. The molecule has 0 aromatic heterocycles. The number of rotatable bonds is 6. The second kappa shape index (κ2) is 9.09. The van der Waals surface area contributed by atoms with E-state index < -0.39 is 10.0 Å². The lowest BCUT2D eigenvalue weighted by atomic mass is 9.93. The summed E-state index contributed by atoms with van der Waals surface area (Å²) in [5, 5.41) is 0. The number of hydrogen-bond donors (Lipinski definition) is 1. The fraction of sp³-hybridized carbons (Fsp3) is 0.381. The van der Waals surface area contributed by atoms with Crippen LogP contribution >= 0.6 is 15.9 Å². The Hall–Kier alpha value is -1.86. The van der Waals surface area contributed by atoms with Gasteiger partial charge in [0.2, 0.25) is 0 Å². The van der Waals surface area contributed by atoms with Gasteiger partial charge >= 0.3 is 0 Å². The lowest BCUT2D eigenvalue weighted by Gasteiger charge is -2.33. The Morgan fingerprint density at radius 1 is 1.04 bits per heavy atom. The minimum atomic E-state index is -3.67. The average Bonchev–Trinajstić information content (AvgIpc) is 2.70. The van der Waals surface area contributed by atoms with Crippen molar-refractivity contribution < 1.29 is 13.2 Å². The molecule has 1 fully saturated rings. The average molecular weight is 465 g/mol. The van der Waals surface area contributed by atoms with E-state index in [-0.39, 0.29) is 10.8 Å². The Bertz CT molecular complexity index is 906. The molecule has 2 aromatic rings. The fourth-order valence-corrected chi connectivity index (χ4v) is 4.96. The molecule has 1 N–H and O–H groups in total. The monoisotopic (exact) mass is 464 g/mol. The zero-order valence-corrected chi connectivity index (χ0v) is 18.3. The molecular formula is C21H25BrN2O3S. The largest absolute Gasteiger partial charge is 0.336 e. The van der Waals surface area contributed by atoms with E-state index in [9.17, 15) is 13.2 Å². The van der Waals surface area contributed by atoms with Crippen LogP contribution in [0.5, 0.6) is 0 Å². The summed E-state index contributed by atoms with van der Waals surface area (Å²) in [6, 6.07) is 13.4. The van der Waals surface area contributed by atoms with E-state index in [4.69, 9.17) is 0 Å². The molecular weight excluding hydrogens is 440 g/mol. The zero-order chi connectivity index (χ0) is 20.1. The van der Waals surface area contributed by atoms with Gasteiger partial charge in [-0.1, -0.05) is 35.2 Å². The Labute approximate surface area is 175 Å². The van der Waals surface area contributed by atoms with Crippen molar-refractivity contribution >= 4 is 37.5 Å². The topological polar surface area (TPSA) is 66.5 Å². The predicted octanol–water partition coefficient (Wildman–Crippen LogP) is 5.04. The van der Waals surface area contributed by atoms with Gasteiger partial charge in [-0.2, -0.15) is 0 Å². The van der Waals surface area contributed by atoms with Gasteiger partial charge in [0.25, 0.3) is 15.9 Å². The maximum Gasteiger partial charge on any atom is 0.261 e. The Morgan fingerprint density at radius 3 is 2.21 bits per heavy atom. The maximum absolute atomic E-state index is 12.9. The van der Waals surface area contributed by atoms with Crippen molar-refractivity contribution in [3.63, 3.8) is 0 Å². The number of nitrogens with zero attached hydrogens (tertiary/aromatic N) is 1. The van der Waals surface area contributed by atoms with E-state index in [0.29, 0.717) is 23.8 Å². The van der Waals surface area contributed by atoms with E-state index in [2.05, 4.69) is 20.7 Å². The molecule has 1 aliphatic carbocycles. The number of anilines is 1. The highest BCUT2D eigenvalue weighted by molar-refractivity contribution is 9.10. The highest BCUT2D eigenvalue weighted by Crippen LogP contribution is 2.25. The van der Waals surface area contributed by atoms with Gasteiger partial charge in [-0.05, 0) is 68.3 Å². The quantitative estimate of drug-likeness (QED) is 0.650. The molecule has 1 aliphatic rings. The molecule has 1 saturated carbocycles. The van der Waals surface area contributed by atoms with E-state index in [0.717, 1.165) is 17.3 Å². The number of amides is 1. The maximum atomic E-state index is 12.9. The fourth-order valence-electron chi connectivity index (χ4n) is 3.63. The van der Waals surface area contributed by atoms with Crippen molar-refractivity contribution in [2.24, 2.45) is 0 Å². The third-order valence-electron chi connectivity index (χ3n) is 5.13. The summed E-state index contributed by atoms with van der Waals surface area (Å²) in [5.74, 6) is 0.0108. The van der Waals surface area contributed by atoms with E-state index in [1.807, 2.05) is 11.8 Å². The summed E-state index contributed by atoms with van der Waals surface area (Å²) in [5.41, 5.74) is 1.01. The molecule has 0 bridgehead atoms. The summed E-state index contributed by atoms with van der Waals surface area (Å²) in [6.45, 7) is 2.69. The number of nitrogens with one attached hydrogen (secondary N) is 1. The zero-order valence-electron chi connectivity index (χ0n) is 15.9. The molecule has 2 aromatic carbocycles. The number of carbonyl (C=O) groups excluding carboxylic acids is 1. The number of benzene rings is 2. The van der Waals surface area contributed by atoms with Crippen LogP contribution in [0.25, 0.3) is 0 Å². The second-order valence-electron chi connectivity index (χ2n) is 7.02. The predicted molar refractivity (Wildman–Crippen MR) is 115 cm³/mol. The van der Waals surface area contributed by atoms with Crippen LogP contribution in [0.1, 0.15) is 49.4 Å². The molecule has 1 amide bonds. The summed E-state index contributed by atoms with van der Waals surface area (Å²) in [7, 11) is -3.67. The van der Waals surface area contributed by atoms with Crippen LogP contribution in [-0.2, 0) is 10.0 Å². The van der Waals surface area contributed by atoms with Crippen LogP contribution in [0.2, 0.25) is 0 Å². The summed E-state index contributed by atoms with van der Waals surface area (Å²) in [4.78, 5) is 15.0. The van der Waals surface area contributed by atoms with Crippen LogP contribution < -0.4 is 4.72 Å². The first kappa shape index (κ1) is 20.9. The number of hydrogen-bond acceptors (Lipinski definition) is 3. The first-order chi connectivity index (χ1) is 13.4. The molecule has 0 heterocycles. The van der Waals surface area contributed by atoms with Gasteiger partial charge in [0, 0.05) is 28.3 Å². The molecule has 0 aliphatic heterocycles. The van der Waals surface area contributed by atoms with Crippen molar-refractivity contribution in [2.75, 3.05) is 11.3 Å². The van der Waals surface area contributed by atoms with Crippen LogP contribution in [-0.4, -0.2) is 31.8 Å². The summed E-state index contributed by atoms with van der Waals surface area (Å²) < 4.78 is 28.4. The van der Waals surface area contributed by atoms with Gasteiger partial charge in [-0.15, -0.1) is 0 Å². The van der Waals surface area contributed by atoms with E-state index in [1.165, 1.54) is 31.4 Å². The first-order valence-corrected chi connectivity index (χ1v) is 11.9. The van der Waals surface area contributed by atoms with Crippen molar-refractivity contribution in [3.8, 4) is 0 Å². The summed E-state index contributed by atoms with van der Waals surface area (Å²) in [6.07, 6.45) is 5.71. The molecule has 0 unspecified atom stereocenters. The van der Waals surface area contributed by atoms with Gasteiger partial charge in [-0.3, -0.25) is 9.52 Å². The van der Waals surface area contributed by atoms with Crippen LogP contribution in [0.4, 0.5) is 5.69 Å². The van der Waals surface area contributed by atoms with Gasteiger partial charge in [-0.25, -0.2) is 8.42 Å². The third kappa shape index (κ3) is 4.94. The smallest absolute Gasteiger partial charge is 0.261 e. The number of carbonyl (C=O) groups is 1. The minimum Gasteiger partial charge on any atom is -0.336 e. The minimum absolute atomic E-state index is 0.0108. The van der Waals surface area contributed by atoms with Crippen LogP contribution in [0, 0.1) is 0 Å². The van der Waals surface area contributed by atoms with Crippen LogP contribution in [0.15, 0.2) is 57.9 Å². The highest BCUT2D eigenvalue weighted by atomic mass is 79.9. The molecule has 0 radical (unpaired) electrons. The van der Waals surface area contributed by atoms with Gasteiger partial charge in [0.1, 0.15) is 0 Å². The Morgan fingerprint density at radius 2 is 1.64 bits per heavy atom. The molecule has 0 saturated heterocycles. The van der Waals surface area contributed by atoms with Crippen molar-refractivity contribution in [1.82, 2.24) is 4.90 Å². The number of sulfonamides is 1. The van der Waals surface area contributed by atoms with Gasteiger partial charge in [0.15, 0.2) is 0 Å². The van der Waals surface area contributed by atoms with E-state index in [1.54, 1.807) is 36.4 Å². The van der Waals surface area contributed by atoms with Gasteiger partial charge < -0.3 is 4.90 Å². The van der Waals surface area contributed by atoms with Crippen molar-refractivity contribution in [1.29, 1.82) is 0 Å². The lowest BCUT2D eigenvalue weighted by Crippen LogP contribution is -2.41. The molecule has 0 spiro atoms. The van der Waals surface area contributed by atoms with Crippen molar-refractivity contribution in [2.45, 2.75) is 50.0 Å². The summed E-state index contributed by atoms with van der Waals surface area (Å²) >= 11 is 3.30. The molecule has 3 rings (SSSR count). The Balaban J connectivity index is 1.71. The van der Waals surface area contributed by atoms with E-state index >= 15 is 0 Å². The normalized spacial score (nSPS) is 15.2. The number of halogens is 1.